The number of fused-ring (bicyclic) bond motifs is 6. The van der Waals surface area contributed by atoms with E-state index in [0.717, 1.165) is 64.5 Å². The Kier molecular flexibility index (Phi) is 10.5. The van der Waals surface area contributed by atoms with Gasteiger partial charge in [-0.25, -0.2) is 0 Å². The van der Waals surface area contributed by atoms with Crippen LogP contribution in [-0.4, -0.2) is 56.1 Å². The number of para-hydroxylation sites is 1. The highest BCUT2D eigenvalue weighted by Crippen LogP contribution is 2.50. The van der Waals surface area contributed by atoms with Crippen molar-refractivity contribution in [2.75, 3.05) is 39.7 Å². The van der Waals surface area contributed by atoms with Crippen molar-refractivity contribution in [1.82, 2.24) is 15.2 Å². The summed E-state index contributed by atoms with van der Waals surface area (Å²) in [5.41, 5.74) is 7.14. The van der Waals surface area contributed by atoms with Gasteiger partial charge in [0.15, 0.2) is 11.5 Å². The Hall–Kier alpha value is -4.51. The molecule has 0 bridgehead atoms. The number of rotatable bonds is 11. The fraction of sp³-hybridized carbons (Fsp3) is 0.395. The van der Waals surface area contributed by atoms with E-state index in [1.807, 2.05) is 29.2 Å². The number of nitrogens with one attached hydrogen (secondary N) is 3. The number of carbonyl (C=O) groups is 2. The van der Waals surface area contributed by atoms with Gasteiger partial charge in [-0.3, -0.25) is 14.4 Å². The monoisotopic (exact) mass is 730 g/mol. The zero-order valence-corrected chi connectivity index (χ0v) is 30.1. The van der Waals surface area contributed by atoms with Crippen LogP contribution >= 0.6 is 15.9 Å². The fourth-order valence-corrected chi connectivity index (χ4v) is 7.69. The van der Waals surface area contributed by atoms with E-state index in [2.05, 4.69) is 37.6 Å². The first-order valence-electron chi connectivity index (χ1n) is 16.8. The number of unbranched alkanes of at least 4 members (excludes halogenated alkanes) is 2. The lowest BCUT2D eigenvalue weighted by Gasteiger charge is -2.27. The van der Waals surface area contributed by atoms with Crippen molar-refractivity contribution < 1.29 is 23.8 Å². The van der Waals surface area contributed by atoms with Crippen LogP contribution in [0.25, 0.3) is 22.0 Å². The quantitative estimate of drug-likeness (QED) is 0.148. The number of amides is 2. The third kappa shape index (κ3) is 6.99. The lowest BCUT2D eigenvalue weighted by molar-refractivity contribution is -0.132. The molecule has 2 amide bonds. The van der Waals surface area contributed by atoms with Gasteiger partial charge in [-0.2, -0.15) is 0 Å². The van der Waals surface area contributed by atoms with E-state index in [-0.39, 0.29) is 23.3 Å². The number of H-pyrrole nitrogens is 1. The molecule has 0 saturated heterocycles. The highest BCUT2D eigenvalue weighted by atomic mass is 79.9. The summed E-state index contributed by atoms with van der Waals surface area (Å²) in [6.07, 6.45) is 5.02. The van der Waals surface area contributed by atoms with Gasteiger partial charge in [0.2, 0.25) is 23.0 Å². The molecule has 1 aliphatic heterocycles. The summed E-state index contributed by atoms with van der Waals surface area (Å²) in [5, 5.41) is 7.54. The zero-order chi connectivity index (χ0) is 34.7. The molecular weight excluding hydrogens is 688 g/mol. The van der Waals surface area contributed by atoms with E-state index >= 15 is 0 Å². The molecule has 3 aromatic carbocycles. The van der Waals surface area contributed by atoms with Gasteiger partial charge in [-0.1, -0.05) is 24.6 Å². The number of hydrogen-bond acceptors (Lipinski definition) is 7. The van der Waals surface area contributed by atoms with Crippen LogP contribution in [0.15, 0.2) is 51.7 Å². The largest absolute Gasteiger partial charge is 0.493 e. The second-order valence-electron chi connectivity index (χ2n) is 12.6. The molecule has 6 rings (SSSR count). The van der Waals surface area contributed by atoms with Crippen molar-refractivity contribution in [3.05, 3.63) is 79.5 Å². The fourth-order valence-electron chi connectivity index (χ4n) is 7.23. The van der Waals surface area contributed by atoms with Gasteiger partial charge in [0.1, 0.15) is 0 Å². The Labute approximate surface area is 294 Å². The Balaban J connectivity index is 1.12. The van der Waals surface area contributed by atoms with Crippen LogP contribution in [0.1, 0.15) is 67.5 Å². The normalized spacial score (nSPS) is 15.0. The first kappa shape index (κ1) is 34.4. The minimum Gasteiger partial charge on any atom is -0.493 e. The number of halogens is 1. The molecule has 1 aromatic heterocycles. The third-order valence-corrected chi connectivity index (χ3v) is 10.3. The van der Waals surface area contributed by atoms with Gasteiger partial charge in [0.25, 0.3) is 0 Å². The van der Waals surface area contributed by atoms with Crippen molar-refractivity contribution in [2.24, 2.45) is 0 Å². The number of aryl methyl sites for hydroxylation is 1. The number of hydrogen-bond donors (Lipinski definition) is 3. The van der Waals surface area contributed by atoms with Gasteiger partial charge in [-0.15, -0.1) is 0 Å². The van der Waals surface area contributed by atoms with Crippen LogP contribution in [0.5, 0.6) is 17.2 Å². The summed E-state index contributed by atoms with van der Waals surface area (Å²) in [6.45, 7) is 3.43. The molecule has 3 N–H and O–H groups in total. The number of benzene rings is 2. The minimum atomic E-state index is -0.364. The minimum absolute atomic E-state index is 0.163. The number of aromatic nitrogens is 1. The van der Waals surface area contributed by atoms with Crippen LogP contribution in [0, 0.1) is 0 Å². The number of anilines is 1. The number of aromatic amines is 1. The molecule has 258 valence electrons. The average Bonchev–Trinajstić information content (AvgIpc) is 3.32. The molecule has 0 radical (unpaired) electrons. The molecule has 1 atom stereocenters. The molecule has 2 heterocycles. The Morgan fingerprint density at radius 1 is 1.00 bits per heavy atom. The Morgan fingerprint density at radius 3 is 2.57 bits per heavy atom. The summed E-state index contributed by atoms with van der Waals surface area (Å²) < 4.78 is 18.2. The number of ether oxygens (including phenoxy) is 3. The molecule has 0 fully saturated rings. The van der Waals surface area contributed by atoms with Gasteiger partial charge in [-0.05, 0) is 82.6 Å². The third-order valence-electron chi connectivity index (χ3n) is 9.61. The van der Waals surface area contributed by atoms with Crippen LogP contribution in [0.4, 0.5) is 5.69 Å². The van der Waals surface area contributed by atoms with Crippen LogP contribution in [0.2, 0.25) is 0 Å². The topological polar surface area (TPSA) is 122 Å². The van der Waals surface area contributed by atoms with Crippen molar-refractivity contribution >= 4 is 44.3 Å². The summed E-state index contributed by atoms with van der Waals surface area (Å²) in [7, 11) is 4.73. The maximum atomic E-state index is 13.6. The van der Waals surface area contributed by atoms with Crippen molar-refractivity contribution in [1.29, 1.82) is 0 Å². The number of methoxy groups -OCH3 is 3. The summed E-state index contributed by atoms with van der Waals surface area (Å²) in [5.74, 6) is 1.55. The Morgan fingerprint density at radius 2 is 1.82 bits per heavy atom. The maximum Gasteiger partial charge on any atom is 0.222 e. The lowest BCUT2D eigenvalue weighted by atomic mass is 9.95. The summed E-state index contributed by atoms with van der Waals surface area (Å²) in [6, 6.07) is 13.1. The van der Waals surface area contributed by atoms with Crippen LogP contribution in [-0.2, 0) is 29.0 Å². The molecule has 4 aromatic rings. The predicted molar refractivity (Wildman–Crippen MR) is 195 cm³/mol. The van der Waals surface area contributed by atoms with Crippen molar-refractivity contribution in [2.45, 2.75) is 64.5 Å². The molecule has 2 aliphatic rings. The second kappa shape index (κ2) is 14.9. The smallest absolute Gasteiger partial charge is 0.222 e. The summed E-state index contributed by atoms with van der Waals surface area (Å²) >= 11 is 3.63. The van der Waals surface area contributed by atoms with Crippen LogP contribution < -0.4 is 30.3 Å². The molecule has 0 spiro atoms. The van der Waals surface area contributed by atoms with E-state index in [0.29, 0.717) is 55.3 Å². The summed E-state index contributed by atoms with van der Waals surface area (Å²) in [4.78, 5) is 44.4. The molecule has 11 heteroatoms. The highest BCUT2D eigenvalue weighted by molar-refractivity contribution is 9.10. The van der Waals surface area contributed by atoms with Crippen LogP contribution in [0.3, 0.4) is 0 Å². The first-order chi connectivity index (χ1) is 23.7. The maximum absolute atomic E-state index is 13.6. The number of carbonyl (C=O) groups excluding carboxylic acids is 2. The van der Waals surface area contributed by atoms with Gasteiger partial charge in [0.05, 0.1) is 38.6 Å². The number of nitrogens with zero attached hydrogens (tertiary/aromatic N) is 1. The van der Waals surface area contributed by atoms with Gasteiger partial charge < -0.3 is 34.7 Å². The molecule has 1 aliphatic carbocycles. The van der Waals surface area contributed by atoms with E-state index in [1.165, 1.54) is 23.6 Å². The molecule has 49 heavy (non-hydrogen) atoms. The van der Waals surface area contributed by atoms with E-state index < -0.39 is 0 Å². The lowest BCUT2D eigenvalue weighted by Crippen LogP contribution is -2.35. The predicted octanol–water partition coefficient (Wildman–Crippen LogP) is 6.66. The van der Waals surface area contributed by atoms with Gasteiger partial charge >= 0.3 is 0 Å². The van der Waals surface area contributed by atoms with Crippen molar-refractivity contribution in [3.8, 4) is 28.4 Å². The standard InChI is InChI=1S/C38H43BrN4O6/c1-22(44)41-29-14-12-23-19-33(47-2)37(48-3)38(49-4)35(23)24-13-15-31(32(45)20-26(24)29)40-17-7-5-6-11-34(46)43-18-16-30-27(21-43)25-9-8-10-28(39)36(25)42-30/h8-10,13,15,19-20,29,42H,5-7,11-12,14,16-18,21H2,1-4H3,(H,40,45)(H,41,44)/t29-/m0/s1. The van der Waals surface area contributed by atoms with E-state index in [9.17, 15) is 14.4 Å². The average molecular weight is 732 g/mol. The van der Waals surface area contributed by atoms with Gasteiger partial charge in [0, 0.05) is 66.1 Å². The molecule has 10 nitrogen and oxygen atoms in total. The molecule has 0 unspecified atom stereocenters. The first-order valence-corrected chi connectivity index (χ1v) is 17.6. The van der Waals surface area contributed by atoms with Crippen molar-refractivity contribution in [3.63, 3.8) is 0 Å². The van der Waals surface area contributed by atoms with E-state index in [4.69, 9.17) is 14.2 Å². The SMILES string of the molecule is COc1cc2c(c(OC)c1OC)-c1ccc(NCCCCCC(=O)N3CCc4[nH]c5c(Br)cccc5c4C3)c(=O)cc1[C@@H](NC(C)=O)CC2. The van der Waals surface area contributed by atoms with E-state index in [1.54, 1.807) is 33.5 Å². The zero-order valence-electron chi connectivity index (χ0n) is 28.5. The second-order valence-corrected chi connectivity index (χ2v) is 13.5. The molecule has 0 saturated carbocycles. The molecular formula is C38H43BrN4O6. The highest BCUT2D eigenvalue weighted by Gasteiger charge is 2.30. The Bertz CT molecular complexity index is 1960.